The van der Waals surface area contributed by atoms with Gasteiger partial charge in [-0.05, 0) is 6.42 Å². The number of hydrogen-bond acceptors (Lipinski definition) is 3. The quantitative estimate of drug-likeness (QED) is 0.554. The summed E-state index contributed by atoms with van der Waals surface area (Å²) in [6, 6.07) is 0. The molecular formula is C6H8Cl2F3O3P. The smallest absolute Gasteiger partial charge is 0.424 e. The molecule has 0 radical (unpaired) electrons. The molecule has 0 N–H and O–H groups in total. The van der Waals surface area contributed by atoms with Crippen molar-refractivity contribution in [2.24, 2.45) is 0 Å². The van der Waals surface area contributed by atoms with Gasteiger partial charge in [-0.15, -0.1) is 0 Å². The minimum absolute atomic E-state index is 0.266. The molecule has 1 unspecified atom stereocenters. The SMILES string of the molecule is CCCOP(=O)(OC=C(Cl)Cl)C(F)(F)F. The van der Waals surface area contributed by atoms with Gasteiger partial charge in [0.25, 0.3) is 0 Å². The fourth-order valence-electron chi connectivity index (χ4n) is 0.484. The highest BCUT2D eigenvalue weighted by atomic mass is 35.5. The lowest BCUT2D eigenvalue weighted by Crippen LogP contribution is -2.13. The number of rotatable bonds is 5. The summed E-state index contributed by atoms with van der Waals surface area (Å²) in [6.07, 6.45) is 0.592. The topological polar surface area (TPSA) is 35.5 Å². The first-order valence-electron chi connectivity index (χ1n) is 3.74. The standard InChI is InChI=1S/C6H8Cl2F3O3P/c1-2-3-13-15(12,6(9,10)11)14-4-5(7)8/h4H,2-3H2,1H3. The molecule has 90 valence electrons. The zero-order chi connectivity index (χ0) is 12.1. The molecule has 0 aromatic heterocycles. The fraction of sp³-hybridized carbons (Fsp3) is 0.667. The van der Waals surface area contributed by atoms with Crippen LogP contribution in [-0.2, 0) is 13.6 Å². The number of halogens is 5. The normalized spacial score (nSPS) is 15.6. The number of alkyl halides is 3. The van der Waals surface area contributed by atoms with Gasteiger partial charge in [0.15, 0.2) is 0 Å². The van der Waals surface area contributed by atoms with E-state index in [2.05, 4.69) is 9.05 Å². The predicted octanol–water partition coefficient (Wildman–Crippen LogP) is 4.42. The first-order valence-corrected chi connectivity index (χ1v) is 6.03. The molecule has 0 bridgehead atoms. The summed E-state index contributed by atoms with van der Waals surface area (Å²) in [7, 11) is -5.22. The van der Waals surface area contributed by atoms with Crippen molar-refractivity contribution in [3.8, 4) is 0 Å². The Balaban J connectivity index is 4.72. The summed E-state index contributed by atoms with van der Waals surface area (Å²) in [4.78, 5) is 0. The Bertz CT molecular complexity index is 275. The van der Waals surface area contributed by atoms with Crippen LogP contribution < -0.4 is 0 Å². The molecule has 15 heavy (non-hydrogen) atoms. The maximum absolute atomic E-state index is 12.2. The van der Waals surface area contributed by atoms with E-state index in [1.54, 1.807) is 6.92 Å². The molecule has 0 aliphatic carbocycles. The van der Waals surface area contributed by atoms with Gasteiger partial charge in [-0.2, -0.15) is 13.2 Å². The Morgan fingerprint density at radius 3 is 2.33 bits per heavy atom. The fourth-order valence-corrected chi connectivity index (χ4v) is 1.69. The summed E-state index contributed by atoms with van der Waals surface area (Å²) < 4.78 is 55.4. The van der Waals surface area contributed by atoms with Gasteiger partial charge in [0.1, 0.15) is 10.8 Å². The second kappa shape index (κ2) is 5.99. The van der Waals surface area contributed by atoms with Gasteiger partial charge >= 0.3 is 13.5 Å². The summed E-state index contributed by atoms with van der Waals surface area (Å²) in [5, 5.41) is 0. The molecule has 0 saturated carbocycles. The summed E-state index contributed by atoms with van der Waals surface area (Å²) in [5.74, 6) is -5.11. The third-order valence-electron chi connectivity index (χ3n) is 1.06. The molecule has 0 spiro atoms. The molecule has 0 heterocycles. The average molecular weight is 287 g/mol. The molecule has 9 heteroatoms. The van der Waals surface area contributed by atoms with Crippen LogP contribution in [0.2, 0.25) is 0 Å². The highest BCUT2D eigenvalue weighted by molar-refractivity contribution is 7.55. The van der Waals surface area contributed by atoms with Crippen LogP contribution in [0.25, 0.3) is 0 Å². The van der Waals surface area contributed by atoms with E-state index in [0.717, 1.165) is 0 Å². The van der Waals surface area contributed by atoms with Gasteiger partial charge in [0.05, 0.1) is 6.61 Å². The van der Waals surface area contributed by atoms with Crippen LogP contribution in [0.4, 0.5) is 13.2 Å². The Kier molecular flexibility index (Phi) is 6.03. The molecule has 0 aliphatic rings. The molecule has 0 aromatic rings. The van der Waals surface area contributed by atoms with E-state index in [1.807, 2.05) is 0 Å². The van der Waals surface area contributed by atoms with E-state index in [9.17, 15) is 17.7 Å². The molecule has 0 aliphatic heterocycles. The molecule has 0 saturated heterocycles. The van der Waals surface area contributed by atoms with Gasteiger partial charge in [0, 0.05) is 0 Å². The lowest BCUT2D eigenvalue weighted by Gasteiger charge is -2.18. The first-order chi connectivity index (χ1) is 6.73. The zero-order valence-electron chi connectivity index (χ0n) is 7.55. The highest BCUT2D eigenvalue weighted by Gasteiger charge is 2.56. The minimum Gasteiger partial charge on any atom is -0.424 e. The second-order valence-electron chi connectivity index (χ2n) is 2.31. The van der Waals surface area contributed by atoms with E-state index in [-0.39, 0.29) is 13.0 Å². The Morgan fingerprint density at radius 2 is 2.00 bits per heavy atom. The van der Waals surface area contributed by atoms with Crippen LogP contribution in [0.3, 0.4) is 0 Å². The van der Waals surface area contributed by atoms with Gasteiger partial charge in [-0.3, -0.25) is 4.52 Å². The van der Waals surface area contributed by atoms with Crippen molar-refractivity contribution in [1.82, 2.24) is 0 Å². The van der Waals surface area contributed by atoms with Crippen molar-refractivity contribution < 1.29 is 26.8 Å². The van der Waals surface area contributed by atoms with Gasteiger partial charge in [-0.25, -0.2) is 4.57 Å². The van der Waals surface area contributed by atoms with Crippen molar-refractivity contribution >= 4 is 30.8 Å². The minimum atomic E-state index is -5.22. The lowest BCUT2D eigenvalue weighted by atomic mass is 10.5. The maximum atomic E-state index is 12.2. The second-order valence-corrected chi connectivity index (χ2v) is 5.29. The predicted molar refractivity (Wildman–Crippen MR) is 50.8 cm³/mol. The third kappa shape index (κ3) is 5.11. The van der Waals surface area contributed by atoms with Crippen LogP contribution in [0.15, 0.2) is 10.8 Å². The van der Waals surface area contributed by atoms with Crippen LogP contribution in [0.1, 0.15) is 13.3 Å². The summed E-state index contributed by atoms with van der Waals surface area (Å²) >= 11 is 10.1. The molecule has 0 rings (SSSR count). The molecule has 0 fully saturated rings. The van der Waals surface area contributed by atoms with Gasteiger partial charge < -0.3 is 4.52 Å². The van der Waals surface area contributed by atoms with Gasteiger partial charge in [0.2, 0.25) is 0 Å². The molecular weight excluding hydrogens is 279 g/mol. The van der Waals surface area contributed by atoms with Crippen molar-refractivity contribution in [2.45, 2.75) is 19.3 Å². The van der Waals surface area contributed by atoms with E-state index in [4.69, 9.17) is 23.2 Å². The van der Waals surface area contributed by atoms with Crippen molar-refractivity contribution in [3.05, 3.63) is 10.8 Å². The molecule has 3 nitrogen and oxygen atoms in total. The van der Waals surface area contributed by atoms with Crippen molar-refractivity contribution in [1.29, 1.82) is 0 Å². The summed E-state index contributed by atoms with van der Waals surface area (Å²) in [6.45, 7) is 1.22. The van der Waals surface area contributed by atoms with E-state index in [1.165, 1.54) is 0 Å². The van der Waals surface area contributed by atoms with Crippen LogP contribution >= 0.6 is 30.8 Å². The molecule has 0 aromatic carbocycles. The Hall–Kier alpha value is 0.1000. The van der Waals surface area contributed by atoms with Crippen LogP contribution in [0.5, 0.6) is 0 Å². The monoisotopic (exact) mass is 286 g/mol. The van der Waals surface area contributed by atoms with Crippen molar-refractivity contribution in [2.75, 3.05) is 6.61 Å². The zero-order valence-corrected chi connectivity index (χ0v) is 9.96. The van der Waals surface area contributed by atoms with E-state index < -0.39 is 18.0 Å². The average Bonchev–Trinajstić information content (AvgIpc) is 2.09. The summed E-state index contributed by atoms with van der Waals surface area (Å²) in [5.41, 5.74) is 0. The van der Waals surface area contributed by atoms with Gasteiger partial charge in [-0.1, -0.05) is 30.1 Å². The maximum Gasteiger partial charge on any atom is 0.506 e. The van der Waals surface area contributed by atoms with Crippen LogP contribution in [0, 0.1) is 0 Å². The largest absolute Gasteiger partial charge is 0.506 e. The van der Waals surface area contributed by atoms with E-state index >= 15 is 0 Å². The lowest BCUT2D eigenvalue weighted by molar-refractivity contribution is -0.0713. The van der Waals surface area contributed by atoms with Crippen LogP contribution in [-0.4, -0.2) is 12.5 Å². The first kappa shape index (κ1) is 15.1. The molecule has 1 atom stereocenters. The van der Waals surface area contributed by atoms with Crippen molar-refractivity contribution in [3.63, 3.8) is 0 Å². The Labute approximate surface area is 94.7 Å². The van der Waals surface area contributed by atoms with E-state index in [0.29, 0.717) is 6.26 Å². The Morgan fingerprint density at radius 1 is 1.47 bits per heavy atom. The number of hydrogen-bond donors (Lipinski definition) is 0. The third-order valence-corrected chi connectivity index (χ3v) is 2.76. The molecule has 0 amide bonds. The highest BCUT2D eigenvalue weighted by Crippen LogP contribution is 2.63.